The zero-order chi connectivity index (χ0) is 17.2. The molecular formula is C15H17N2O5S-. The molecule has 1 aromatic carbocycles. The van der Waals surface area contributed by atoms with E-state index in [4.69, 9.17) is 4.52 Å². The summed E-state index contributed by atoms with van der Waals surface area (Å²) in [6.45, 7) is 4.12. The van der Waals surface area contributed by atoms with Gasteiger partial charge in [0.15, 0.2) is 10.7 Å². The van der Waals surface area contributed by atoms with E-state index in [1.807, 2.05) is 6.92 Å². The largest absolute Gasteiger partial charge is 0.548 e. The van der Waals surface area contributed by atoms with Gasteiger partial charge in [-0.15, -0.1) is 0 Å². The Morgan fingerprint density at radius 2 is 1.87 bits per heavy atom. The smallest absolute Gasteiger partial charge is 0.270 e. The average Bonchev–Trinajstić information content (AvgIpc) is 2.84. The van der Waals surface area contributed by atoms with Crippen LogP contribution in [0.4, 0.5) is 5.69 Å². The van der Waals surface area contributed by atoms with E-state index in [1.165, 1.54) is 13.8 Å². The van der Waals surface area contributed by atoms with Gasteiger partial charge in [-0.3, -0.25) is 4.31 Å². The fourth-order valence-corrected chi connectivity index (χ4v) is 3.99. The molecule has 0 fully saturated rings. The molecule has 0 aliphatic rings. The van der Waals surface area contributed by atoms with E-state index < -0.39 is 22.5 Å². The summed E-state index contributed by atoms with van der Waals surface area (Å²) in [5.41, 5.74) is 1.43. The lowest BCUT2D eigenvalue weighted by Crippen LogP contribution is -2.42. The highest BCUT2D eigenvalue weighted by Gasteiger charge is 2.31. The van der Waals surface area contributed by atoms with Gasteiger partial charge in [0.25, 0.3) is 10.0 Å². The third kappa shape index (κ3) is 3.37. The Morgan fingerprint density at radius 1 is 1.26 bits per heavy atom. The molecule has 23 heavy (non-hydrogen) atoms. The van der Waals surface area contributed by atoms with E-state index in [1.54, 1.807) is 24.3 Å². The number of benzene rings is 1. The molecule has 0 aliphatic heterocycles. The third-order valence-electron chi connectivity index (χ3n) is 3.42. The second kappa shape index (κ2) is 6.41. The van der Waals surface area contributed by atoms with Crippen LogP contribution in [0.2, 0.25) is 0 Å². The van der Waals surface area contributed by atoms with Crippen molar-refractivity contribution in [3.63, 3.8) is 0 Å². The van der Waals surface area contributed by atoms with Crippen LogP contribution in [0.25, 0.3) is 0 Å². The molecule has 8 heteroatoms. The van der Waals surface area contributed by atoms with Crippen LogP contribution in [0.3, 0.4) is 0 Å². The molecule has 1 heterocycles. The summed E-state index contributed by atoms with van der Waals surface area (Å²) < 4.78 is 31.4. The molecule has 0 radical (unpaired) electrons. The van der Waals surface area contributed by atoms with Crippen molar-refractivity contribution in [2.45, 2.75) is 32.1 Å². The Morgan fingerprint density at radius 3 is 2.30 bits per heavy atom. The molecule has 7 nitrogen and oxygen atoms in total. The summed E-state index contributed by atoms with van der Waals surface area (Å²) in [5.74, 6) is -1.39. The molecule has 0 atom stereocenters. The number of carboxylic acids is 1. The minimum absolute atomic E-state index is 0.107. The number of sulfonamides is 1. The molecule has 2 rings (SSSR count). The van der Waals surface area contributed by atoms with Crippen molar-refractivity contribution < 1.29 is 22.8 Å². The number of aromatic nitrogens is 1. The molecule has 0 spiro atoms. The lowest BCUT2D eigenvalue weighted by atomic mass is 10.1. The van der Waals surface area contributed by atoms with E-state index in [-0.39, 0.29) is 22.0 Å². The first-order valence-corrected chi connectivity index (χ1v) is 8.45. The highest BCUT2D eigenvalue weighted by molar-refractivity contribution is 7.93. The standard InChI is InChI=1S/C15H18N2O5S/c1-4-12-5-7-13(8-6-12)17(9-14(18)19)23(20,21)15-10(2)16-22-11(15)3/h5-8H,4,9H2,1-3H3,(H,18,19)/p-1. The van der Waals surface area contributed by atoms with Gasteiger partial charge in [0.05, 0.1) is 18.2 Å². The highest BCUT2D eigenvalue weighted by Crippen LogP contribution is 2.28. The van der Waals surface area contributed by atoms with E-state index in [0.717, 1.165) is 16.3 Å². The summed E-state index contributed by atoms with van der Waals surface area (Å²) in [7, 11) is -4.13. The Kier molecular flexibility index (Phi) is 4.74. The molecule has 2 aromatic rings. The predicted octanol–water partition coefficient (Wildman–Crippen LogP) is 0.799. The summed E-state index contributed by atoms with van der Waals surface area (Å²) >= 11 is 0. The van der Waals surface area contributed by atoms with Crippen molar-refractivity contribution >= 4 is 21.7 Å². The molecule has 0 unspecified atom stereocenters. The van der Waals surface area contributed by atoms with Gasteiger partial charge in [-0.1, -0.05) is 24.2 Å². The molecule has 0 N–H and O–H groups in total. The number of carbonyl (C=O) groups excluding carboxylic acids is 1. The van der Waals surface area contributed by atoms with Crippen LogP contribution in [-0.2, 0) is 21.2 Å². The maximum atomic E-state index is 12.9. The summed E-state index contributed by atoms with van der Waals surface area (Å²) in [6.07, 6.45) is 0.789. The Labute approximate surface area is 134 Å². The maximum Gasteiger partial charge on any atom is 0.270 e. The Bertz CT molecular complexity index is 789. The van der Waals surface area contributed by atoms with Crippen LogP contribution in [0.5, 0.6) is 0 Å². The number of rotatable bonds is 6. The average molecular weight is 337 g/mol. The SMILES string of the molecule is CCc1ccc(N(CC(=O)[O-])S(=O)(=O)c2c(C)noc2C)cc1. The van der Waals surface area contributed by atoms with Crippen molar-refractivity contribution in [3.05, 3.63) is 41.3 Å². The van der Waals surface area contributed by atoms with Gasteiger partial charge in [0.1, 0.15) is 5.69 Å². The Balaban J connectivity index is 2.55. The van der Waals surface area contributed by atoms with Crippen molar-refractivity contribution in [3.8, 4) is 0 Å². The highest BCUT2D eigenvalue weighted by atomic mass is 32.2. The second-order valence-corrected chi connectivity index (χ2v) is 6.86. The normalized spacial score (nSPS) is 11.4. The van der Waals surface area contributed by atoms with Gasteiger partial charge in [0, 0.05) is 0 Å². The summed E-state index contributed by atoms with van der Waals surface area (Å²) in [5, 5.41) is 14.7. The van der Waals surface area contributed by atoms with Crippen LogP contribution < -0.4 is 9.41 Å². The number of hydrogen-bond donors (Lipinski definition) is 0. The van der Waals surface area contributed by atoms with E-state index >= 15 is 0 Å². The van der Waals surface area contributed by atoms with E-state index in [9.17, 15) is 18.3 Å². The summed E-state index contributed by atoms with van der Waals surface area (Å²) in [6, 6.07) is 6.63. The fraction of sp³-hybridized carbons (Fsp3) is 0.333. The van der Waals surface area contributed by atoms with Crippen LogP contribution >= 0.6 is 0 Å². The number of aliphatic carboxylic acids is 1. The Hall–Kier alpha value is -2.35. The zero-order valence-corrected chi connectivity index (χ0v) is 13.9. The van der Waals surface area contributed by atoms with Gasteiger partial charge in [-0.05, 0) is 38.0 Å². The number of nitrogens with zero attached hydrogens (tertiary/aromatic N) is 2. The van der Waals surface area contributed by atoms with Crippen molar-refractivity contribution in [1.29, 1.82) is 0 Å². The van der Waals surface area contributed by atoms with Crippen molar-refractivity contribution in [2.24, 2.45) is 0 Å². The van der Waals surface area contributed by atoms with Crippen LogP contribution in [-0.4, -0.2) is 26.1 Å². The molecule has 124 valence electrons. The predicted molar refractivity (Wildman–Crippen MR) is 81.3 cm³/mol. The topological polar surface area (TPSA) is 104 Å². The lowest BCUT2D eigenvalue weighted by molar-refractivity contribution is -0.303. The number of carbonyl (C=O) groups is 1. The third-order valence-corrected chi connectivity index (χ3v) is 5.44. The number of anilines is 1. The first-order chi connectivity index (χ1) is 10.8. The van der Waals surface area contributed by atoms with E-state index in [0.29, 0.717) is 0 Å². The molecular weight excluding hydrogens is 320 g/mol. The van der Waals surface area contributed by atoms with Crippen molar-refractivity contribution in [2.75, 3.05) is 10.8 Å². The monoisotopic (exact) mass is 337 g/mol. The van der Waals surface area contributed by atoms with Gasteiger partial charge >= 0.3 is 0 Å². The quantitative estimate of drug-likeness (QED) is 0.772. The van der Waals surface area contributed by atoms with Gasteiger partial charge in [-0.25, -0.2) is 8.42 Å². The summed E-state index contributed by atoms with van der Waals surface area (Å²) in [4.78, 5) is 10.9. The van der Waals surface area contributed by atoms with E-state index in [2.05, 4.69) is 5.16 Å². The number of hydrogen-bond acceptors (Lipinski definition) is 6. The molecule has 1 aromatic heterocycles. The number of aryl methyl sites for hydroxylation is 3. The first-order valence-electron chi connectivity index (χ1n) is 7.01. The van der Waals surface area contributed by atoms with Gasteiger partial charge < -0.3 is 14.4 Å². The lowest BCUT2D eigenvalue weighted by Gasteiger charge is -2.24. The minimum atomic E-state index is -4.13. The molecule has 0 saturated heterocycles. The van der Waals surface area contributed by atoms with Crippen LogP contribution in [0.15, 0.2) is 33.7 Å². The zero-order valence-electron chi connectivity index (χ0n) is 13.1. The van der Waals surface area contributed by atoms with Crippen LogP contribution in [0, 0.1) is 13.8 Å². The molecule has 0 bridgehead atoms. The second-order valence-electron chi connectivity index (χ2n) is 5.06. The fourth-order valence-electron chi connectivity index (χ4n) is 2.28. The van der Waals surface area contributed by atoms with Gasteiger partial charge in [0.2, 0.25) is 0 Å². The minimum Gasteiger partial charge on any atom is -0.548 e. The van der Waals surface area contributed by atoms with Gasteiger partial charge in [-0.2, -0.15) is 0 Å². The molecule has 0 amide bonds. The molecule has 0 aliphatic carbocycles. The maximum absolute atomic E-state index is 12.9. The molecule has 0 saturated carbocycles. The van der Waals surface area contributed by atoms with Crippen LogP contribution in [0.1, 0.15) is 23.9 Å². The van der Waals surface area contributed by atoms with Crippen molar-refractivity contribution in [1.82, 2.24) is 5.16 Å². The number of carboxylic acid groups (broad SMARTS) is 1. The first kappa shape index (κ1) is 17.0.